The van der Waals surface area contributed by atoms with E-state index in [9.17, 15) is 14.7 Å². The lowest BCUT2D eigenvalue weighted by molar-refractivity contribution is -0.134. The first kappa shape index (κ1) is 13.1. The lowest BCUT2D eigenvalue weighted by Gasteiger charge is -2.24. The number of ketones is 1. The average Bonchev–Trinajstić information content (AvgIpc) is 1.96. The Morgan fingerprint density at radius 1 is 1.29 bits per heavy atom. The zero-order chi connectivity index (χ0) is 11.5. The van der Waals surface area contributed by atoms with E-state index in [2.05, 4.69) is 5.32 Å². The number of aliphatic hydroxyl groups excluding tert-OH is 1. The van der Waals surface area contributed by atoms with E-state index in [0.717, 1.165) is 0 Å². The Kier molecular flexibility index (Phi) is 4.26. The van der Waals surface area contributed by atoms with Gasteiger partial charge in [0.2, 0.25) is 5.91 Å². The molecule has 0 saturated carbocycles. The molecule has 2 atom stereocenters. The molecule has 0 aromatic rings. The molecule has 0 fully saturated rings. The minimum absolute atomic E-state index is 0.237. The van der Waals surface area contributed by atoms with Crippen molar-refractivity contribution in [1.82, 2.24) is 5.32 Å². The molecule has 0 aliphatic rings. The quantitative estimate of drug-likeness (QED) is 0.698. The minimum atomic E-state index is -0.862. The second-order valence-electron chi connectivity index (χ2n) is 4.55. The number of aliphatic hydroxyl groups is 1. The molecule has 0 saturated heterocycles. The molecule has 1 unspecified atom stereocenters. The third-order valence-corrected chi connectivity index (χ3v) is 1.89. The van der Waals surface area contributed by atoms with E-state index in [0.29, 0.717) is 0 Å². The molecule has 0 radical (unpaired) electrons. The van der Waals surface area contributed by atoms with Crippen LogP contribution in [0.1, 0.15) is 34.6 Å². The number of nitrogens with one attached hydrogen (secondary N) is 1. The van der Waals surface area contributed by atoms with Crippen molar-refractivity contribution in [1.29, 1.82) is 0 Å². The van der Waals surface area contributed by atoms with Crippen LogP contribution in [0.2, 0.25) is 0 Å². The highest BCUT2D eigenvalue weighted by molar-refractivity contribution is 5.89. The lowest BCUT2D eigenvalue weighted by Crippen LogP contribution is -2.50. The van der Waals surface area contributed by atoms with Gasteiger partial charge in [0.05, 0.1) is 6.10 Å². The summed E-state index contributed by atoms with van der Waals surface area (Å²) in [5.41, 5.74) is -0.553. The van der Waals surface area contributed by atoms with E-state index in [-0.39, 0.29) is 11.7 Å². The summed E-state index contributed by atoms with van der Waals surface area (Å²) < 4.78 is 0. The molecule has 0 aliphatic carbocycles. The van der Waals surface area contributed by atoms with Gasteiger partial charge in [-0.05, 0) is 13.8 Å². The number of hydrogen-bond acceptors (Lipinski definition) is 3. The van der Waals surface area contributed by atoms with Crippen LogP contribution in [0.25, 0.3) is 0 Å². The number of carbonyl (C=O) groups excluding carboxylic acids is 2. The van der Waals surface area contributed by atoms with Gasteiger partial charge in [-0.1, -0.05) is 20.8 Å². The summed E-state index contributed by atoms with van der Waals surface area (Å²) in [6.07, 6.45) is -0.862. The van der Waals surface area contributed by atoms with Crippen LogP contribution >= 0.6 is 0 Å². The Bertz CT molecular complexity index is 228. The van der Waals surface area contributed by atoms with Crippen molar-refractivity contribution in [2.24, 2.45) is 5.41 Å². The Hall–Kier alpha value is -0.900. The minimum Gasteiger partial charge on any atom is -0.391 e. The first-order valence-electron chi connectivity index (χ1n) is 4.65. The maximum atomic E-state index is 11.5. The van der Waals surface area contributed by atoms with Gasteiger partial charge in [0, 0.05) is 5.41 Å². The van der Waals surface area contributed by atoms with Gasteiger partial charge in [0.25, 0.3) is 0 Å². The molecule has 82 valence electrons. The van der Waals surface area contributed by atoms with Crippen LogP contribution in [0.4, 0.5) is 0 Å². The summed E-state index contributed by atoms with van der Waals surface area (Å²) in [6.45, 7) is 8.08. The molecule has 14 heavy (non-hydrogen) atoms. The zero-order valence-electron chi connectivity index (χ0n) is 9.42. The van der Waals surface area contributed by atoms with Crippen molar-refractivity contribution in [3.8, 4) is 0 Å². The summed E-state index contributed by atoms with van der Waals surface area (Å²) in [4.78, 5) is 22.6. The third-order valence-electron chi connectivity index (χ3n) is 1.89. The number of amides is 1. The van der Waals surface area contributed by atoms with Gasteiger partial charge in [0.15, 0.2) is 5.78 Å². The second kappa shape index (κ2) is 4.55. The average molecular weight is 201 g/mol. The molecule has 2 N–H and O–H groups in total. The van der Waals surface area contributed by atoms with Crippen molar-refractivity contribution in [2.75, 3.05) is 0 Å². The Morgan fingerprint density at radius 3 is 1.93 bits per heavy atom. The number of carbonyl (C=O) groups is 2. The molecular formula is C10H19NO3. The van der Waals surface area contributed by atoms with E-state index >= 15 is 0 Å². The lowest BCUT2D eigenvalue weighted by atomic mass is 9.94. The molecule has 0 heterocycles. The van der Waals surface area contributed by atoms with Gasteiger partial charge in [-0.2, -0.15) is 0 Å². The van der Waals surface area contributed by atoms with E-state index in [1.165, 1.54) is 13.8 Å². The van der Waals surface area contributed by atoms with Crippen LogP contribution in [-0.2, 0) is 9.59 Å². The van der Waals surface area contributed by atoms with Crippen LogP contribution in [0.15, 0.2) is 0 Å². The SMILES string of the molecule is CC(=O)[C@H](NC(=O)C(C)(C)C)C(C)O. The van der Waals surface area contributed by atoms with Crippen LogP contribution in [-0.4, -0.2) is 28.9 Å². The maximum Gasteiger partial charge on any atom is 0.226 e. The normalized spacial score (nSPS) is 15.9. The maximum absolute atomic E-state index is 11.5. The van der Waals surface area contributed by atoms with Gasteiger partial charge < -0.3 is 10.4 Å². The van der Waals surface area contributed by atoms with Gasteiger partial charge in [-0.15, -0.1) is 0 Å². The van der Waals surface area contributed by atoms with Crippen molar-refractivity contribution in [3.05, 3.63) is 0 Å². The van der Waals surface area contributed by atoms with Crippen LogP contribution in [0.5, 0.6) is 0 Å². The monoisotopic (exact) mass is 201 g/mol. The fraction of sp³-hybridized carbons (Fsp3) is 0.800. The van der Waals surface area contributed by atoms with E-state index in [1.54, 1.807) is 20.8 Å². The number of Topliss-reactive ketones (excluding diaryl/α,β-unsaturated/α-hetero) is 1. The Labute approximate surface area is 84.7 Å². The fourth-order valence-corrected chi connectivity index (χ4v) is 0.920. The summed E-state index contributed by atoms with van der Waals surface area (Å²) in [6, 6.07) is -0.804. The van der Waals surface area contributed by atoms with Gasteiger partial charge >= 0.3 is 0 Å². The van der Waals surface area contributed by atoms with Gasteiger partial charge in [0.1, 0.15) is 6.04 Å². The van der Waals surface area contributed by atoms with E-state index < -0.39 is 17.6 Å². The molecule has 0 spiro atoms. The molecule has 4 nitrogen and oxygen atoms in total. The van der Waals surface area contributed by atoms with Gasteiger partial charge in [-0.25, -0.2) is 0 Å². The van der Waals surface area contributed by atoms with Crippen LogP contribution < -0.4 is 5.32 Å². The van der Waals surface area contributed by atoms with Crippen LogP contribution in [0, 0.1) is 5.41 Å². The first-order chi connectivity index (χ1) is 6.16. The molecular weight excluding hydrogens is 182 g/mol. The molecule has 0 aromatic carbocycles. The Morgan fingerprint density at radius 2 is 1.71 bits per heavy atom. The first-order valence-corrected chi connectivity index (χ1v) is 4.65. The topological polar surface area (TPSA) is 66.4 Å². The highest BCUT2D eigenvalue weighted by atomic mass is 16.3. The van der Waals surface area contributed by atoms with E-state index in [4.69, 9.17) is 0 Å². The number of rotatable bonds is 3. The van der Waals surface area contributed by atoms with Crippen molar-refractivity contribution in [2.45, 2.75) is 46.8 Å². The highest BCUT2D eigenvalue weighted by Crippen LogP contribution is 2.13. The standard InChI is InChI=1S/C10H19NO3/c1-6(12)8(7(2)13)11-9(14)10(3,4)5/h6,8,12H,1-5H3,(H,11,14)/t6?,8-/m1/s1. The predicted molar refractivity (Wildman–Crippen MR) is 53.7 cm³/mol. The summed E-state index contributed by atoms with van der Waals surface area (Å²) >= 11 is 0. The summed E-state index contributed by atoms with van der Waals surface area (Å²) in [5, 5.41) is 11.8. The molecule has 1 amide bonds. The Balaban J connectivity index is 4.48. The smallest absolute Gasteiger partial charge is 0.226 e. The molecule has 0 aromatic heterocycles. The highest BCUT2D eigenvalue weighted by Gasteiger charge is 2.28. The predicted octanol–water partition coefficient (Wildman–Crippen LogP) is 0.487. The fourth-order valence-electron chi connectivity index (χ4n) is 0.920. The van der Waals surface area contributed by atoms with E-state index in [1.807, 2.05) is 0 Å². The summed E-state index contributed by atoms with van der Waals surface area (Å²) in [7, 11) is 0. The molecule has 0 bridgehead atoms. The third kappa shape index (κ3) is 3.87. The summed E-state index contributed by atoms with van der Waals surface area (Å²) in [5.74, 6) is -0.476. The molecule has 0 aliphatic heterocycles. The van der Waals surface area contributed by atoms with Crippen molar-refractivity contribution in [3.63, 3.8) is 0 Å². The molecule has 0 rings (SSSR count). The number of hydrogen-bond donors (Lipinski definition) is 2. The van der Waals surface area contributed by atoms with Crippen molar-refractivity contribution < 1.29 is 14.7 Å². The van der Waals surface area contributed by atoms with Gasteiger partial charge in [-0.3, -0.25) is 9.59 Å². The van der Waals surface area contributed by atoms with Crippen LogP contribution in [0.3, 0.4) is 0 Å². The van der Waals surface area contributed by atoms with Crippen molar-refractivity contribution >= 4 is 11.7 Å². The largest absolute Gasteiger partial charge is 0.391 e. The second-order valence-corrected chi connectivity index (χ2v) is 4.55. The molecule has 4 heteroatoms. The zero-order valence-corrected chi connectivity index (χ0v) is 9.42.